The molecule has 5 heteroatoms. The first kappa shape index (κ1) is 12.6. The van der Waals surface area contributed by atoms with Crippen molar-refractivity contribution >= 4 is 22.4 Å². The third-order valence-corrected chi connectivity index (χ3v) is 2.91. The summed E-state index contributed by atoms with van der Waals surface area (Å²) in [5.74, 6) is 0.538. The monoisotopic (exact) mass is 262 g/mol. The van der Waals surface area contributed by atoms with Gasteiger partial charge in [0.25, 0.3) is 5.91 Å². The van der Waals surface area contributed by atoms with Crippen LogP contribution in [0.25, 0.3) is 0 Å². The van der Waals surface area contributed by atoms with E-state index in [1.165, 1.54) is 11.3 Å². The minimum absolute atomic E-state index is 0.174. The predicted octanol–water partition coefficient (Wildman–Crippen LogP) is 3.18. The van der Waals surface area contributed by atoms with Gasteiger partial charge in [-0.2, -0.15) is 0 Å². The quantitative estimate of drug-likeness (QED) is 0.900. The van der Waals surface area contributed by atoms with Crippen LogP contribution < -0.4 is 10.1 Å². The molecule has 4 nitrogen and oxygen atoms in total. The van der Waals surface area contributed by atoms with Gasteiger partial charge in [-0.05, 0) is 24.6 Å². The van der Waals surface area contributed by atoms with Gasteiger partial charge in [0.15, 0.2) is 5.13 Å². The number of ether oxygens (including phenoxy) is 1. The van der Waals surface area contributed by atoms with Crippen molar-refractivity contribution in [2.24, 2.45) is 0 Å². The first-order valence-electron chi connectivity index (χ1n) is 5.73. The standard InChI is InChI=1S/C13H14N2O2S/c1-2-7-17-11-5-3-4-10(9-11)12(16)15-13-14-6-8-18-13/h3-6,8-9H,2,7H2,1H3,(H,14,15,16). The summed E-state index contributed by atoms with van der Waals surface area (Å²) in [7, 11) is 0. The first-order valence-corrected chi connectivity index (χ1v) is 6.61. The summed E-state index contributed by atoms with van der Waals surface area (Å²) in [4.78, 5) is 15.9. The van der Waals surface area contributed by atoms with Crippen LogP contribution in [0, 0.1) is 0 Å². The molecule has 0 aliphatic carbocycles. The fourth-order valence-corrected chi connectivity index (χ4v) is 1.93. The van der Waals surface area contributed by atoms with E-state index in [0.717, 1.165) is 6.42 Å². The van der Waals surface area contributed by atoms with Crippen LogP contribution in [0.5, 0.6) is 5.75 Å². The van der Waals surface area contributed by atoms with Crippen molar-refractivity contribution < 1.29 is 9.53 Å². The molecule has 0 bridgehead atoms. The fraction of sp³-hybridized carbons (Fsp3) is 0.231. The maximum absolute atomic E-state index is 11.9. The predicted molar refractivity (Wildman–Crippen MR) is 72.3 cm³/mol. The van der Waals surface area contributed by atoms with E-state index in [1.54, 1.807) is 18.3 Å². The van der Waals surface area contributed by atoms with E-state index in [9.17, 15) is 4.79 Å². The fourth-order valence-electron chi connectivity index (χ4n) is 1.40. The highest BCUT2D eigenvalue weighted by Crippen LogP contribution is 2.16. The Balaban J connectivity index is 2.05. The van der Waals surface area contributed by atoms with E-state index < -0.39 is 0 Å². The minimum Gasteiger partial charge on any atom is -0.494 e. The number of rotatable bonds is 5. The number of aromatic nitrogens is 1. The Bertz CT molecular complexity index is 511. The lowest BCUT2D eigenvalue weighted by molar-refractivity contribution is 0.102. The van der Waals surface area contributed by atoms with Crippen LogP contribution in [0.15, 0.2) is 35.8 Å². The lowest BCUT2D eigenvalue weighted by Gasteiger charge is -2.06. The van der Waals surface area contributed by atoms with Gasteiger partial charge in [-0.25, -0.2) is 4.98 Å². The van der Waals surface area contributed by atoms with Gasteiger partial charge in [-0.15, -0.1) is 11.3 Å². The summed E-state index contributed by atoms with van der Waals surface area (Å²) < 4.78 is 5.49. The molecule has 0 saturated carbocycles. The molecule has 0 saturated heterocycles. The zero-order valence-electron chi connectivity index (χ0n) is 10.1. The third kappa shape index (κ3) is 3.30. The van der Waals surface area contributed by atoms with Crippen LogP contribution in [-0.4, -0.2) is 17.5 Å². The van der Waals surface area contributed by atoms with Crippen LogP contribution in [0.2, 0.25) is 0 Å². The minimum atomic E-state index is -0.174. The molecule has 2 rings (SSSR count). The van der Waals surface area contributed by atoms with Crippen molar-refractivity contribution in [3.05, 3.63) is 41.4 Å². The van der Waals surface area contributed by atoms with Gasteiger partial charge in [-0.3, -0.25) is 10.1 Å². The second kappa shape index (κ2) is 6.16. The number of hydrogen-bond donors (Lipinski definition) is 1. The smallest absolute Gasteiger partial charge is 0.257 e. The molecule has 0 unspecified atom stereocenters. The molecule has 0 aliphatic rings. The molecule has 0 aliphatic heterocycles. The molecule has 2 aromatic rings. The molecule has 94 valence electrons. The van der Waals surface area contributed by atoms with Gasteiger partial charge < -0.3 is 4.74 Å². The van der Waals surface area contributed by atoms with Crippen LogP contribution in [0.1, 0.15) is 23.7 Å². The number of hydrogen-bond acceptors (Lipinski definition) is 4. The molecule has 1 aromatic heterocycles. The van der Waals surface area contributed by atoms with Gasteiger partial charge in [0.2, 0.25) is 0 Å². The van der Waals surface area contributed by atoms with E-state index in [-0.39, 0.29) is 5.91 Å². The number of carbonyl (C=O) groups is 1. The SMILES string of the molecule is CCCOc1cccc(C(=O)Nc2nccs2)c1. The normalized spacial score (nSPS) is 10.1. The Kier molecular flexibility index (Phi) is 4.30. The highest BCUT2D eigenvalue weighted by atomic mass is 32.1. The molecule has 1 heterocycles. The number of thiazole rings is 1. The highest BCUT2D eigenvalue weighted by Gasteiger charge is 2.08. The van der Waals surface area contributed by atoms with Gasteiger partial charge in [0.1, 0.15) is 5.75 Å². The van der Waals surface area contributed by atoms with Crippen LogP contribution in [-0.2, 0) is 0 Å². The molecule has 0 spiro atoms. The summed E-state index contributed by atoms with van der Waals surface area (Å²) >= 11 is 1.39. The second-order valence-corrected chi connectivity index (χ2v) is 4.56. The van der Waals surface area contributed by atoms with Crippen molar-refractivity contribution in [2.75, 3.05) is 11.9 Å². The number of nitrogens with zero attached hydrogens (tertiary/aromatic N) is 1. The van der Waals surface area contributed by atoms with Crippen molar-refractivity contribution in [2.45, 2.75) is 13.3 Å². The lowest BCUT2D eigenvalue weighted by atomic mass is 10.2. The number of benzene rings is 1. The van der Waals surface area contributed by atoms with E-state index in [4.69, 9.17) is 4.74 Å². The summed E-state index contributed by atoms with van der Waals surface area (Å²) in [6.45, 7) is 2.69. The molecule has 18 heavy (non-hydrogen) atoms. The molecule has 1 N–H and O–H groups in total. The van der Waals surface area contributed by atoms with Crippen molar-refractivity contribution in [1.29, 1.82) is 0 Å². The Labute approximate surface area is 110 Å². The Morgan fingerprint density at radius 1 is 1.50 bits per heavy atom. The Hall–Kier alpha value is -1.88. The van der Waals surface area contributed by atoms with Crippen LogP contribution >= 0.6 is 11.3 Å². The molecule has 0 fully saturated rings. The second-order valence-electron chi connectivity index (χ2n) is 3.67. The van der Waals surface area contributed by atoms with E-state index in [2.05, 4.69) is 10.3 Å². The topological polar surface area (TPSA) is 51.2 Å². The molecule has 0 atom stereocenters. The molecular formula is C13H14N2O2S. The number of nitrogens with one attached hydrogen (secondary N) is 1. The average molecular weight is 262 g/mol. The van der Waals surface area contributed by atoms with Crippen LogP contribution in [0.3, 0.4) is 0 Å². The lowest BCUT2D eigenvalue weighted by Crippen LogP contribution is -2.11. The van der Waals surface area contributed by atoms with Crippen molar-refractivity contribution in [3.8, 4) is 5.75 Å². The summed E-state index contributed by atoms with van der Waals surface area (Å²) in [6, 6.07) is 7.14. The summed E-state index contributed by atoms with van der Waals surface area (Å²) in [6.07, 6.45) is 2.59. The van der Waals surface area contributed by atoms with Gasteiger partial charge in [0.05, 0.1) is 6.61 Å². The molecule has 0 radical (unpaired) electrons. The number of anilines is 1. The largest absolute Gasteiger partial charge is 0.494 e. The van der Waals surface area contributed by atoms with Crippen LogP contribution in [0.4, 0.5) is 5.13 Å². The van der Waals surface area contributed by atoms with Crippen molar-refractivity contribution in [3.63, 3.8) is 0 Å². The average Bonchev–Trinajstić information content (AvgIpc) is 2.89. The van der Waals surface area contributed by atoms with Gasteiger partial charge in [0, 0.05) is 17.1 Å². The van der Waals surface area contributed by atoms with E-state index >= 15 is 0 Å². The number of carbonyl (C=O) groups excluding carboxylic acids is 1. The summed E-state index contributed by atoms with van der Waals surface area (Å²) in [5.41, 5.74) is 0.568. The molecular weight excluding hydrogens is 248 g/mol. The maximum Gasteiger partial charge on any atom is 0.257 e. The third-order valence-electron chi connectivity index (χ3n) is 2.22. The zero-order valence-corrected chi connectivity index (χ0v) is 10.9. The Morgan fingerprint density at radius 2 is 2.39 bits per heavy atom. The first-order chi connectivity index (χ1) is 8.79. The van der Waals surface area contributed by atoms with Crippen molar-refractivity contribution in [1.82, 2.24) is 4.98 Å². The summed E-state index contributed by atoms with van der Waals surface area (Å²) in [5, 5.41) is 5.15. The van der Waals surface area contributed by atoms with Gasteiger partial charge in [-0.1, -0.05) is 13.0 Å². The van der Waals surface area contributed by atoms with E-state index in [1.807, 2.05) is 24.4 Å². The Morgan fingerprint density at radius 3 is 3.11 bits per heavy atom. The molecule has 1 amide bonds. The van der Waals surface area contributed by atoms with E-state index in [0.29, 0.717) is 23.1 Å². The number of amides is 1. The maximum atomic E-state index is 11.9. The zero-order chi connectivity index (χ0) is 12.8. The highest BCUT2D eigenvalue weighted by molar-refractivity contribution is 7.13. The molecule has 1 aromatic carbocycles. The van der Waals surface area contributed by atoms with Gasteiger partial charge >= 0.3 is 0 Å².